The Bertz CT molecular complexity index is 727. The number of nitrogens with zero attached hydrogens (tertiary/aromatic N) is 2. The van der Waals surface area contributed by atoms with Crippen molar-refractivity contribution in [3.8, 4) is 5.75 Å². The molecule has 31 heavy (non-hydrogen) atoms. The molecule has 1 fully saturated rings. The quantitative estimate of drug-likeness (QED) is 0.669. The number of para-hydroxylation sites is 1. The number of carbonyl (C=O) groups is 2. The largest absolute Gasteiger partial charge is 0.491 e. The van der Waals surface area contributed by atoms with Gasteiger partial charge in [0.15, 0.2) is 0 Å². The second kappa shape index (κ2) is 11.5. The molecular formula is C26H40N2O3. The topological polar surface area (TPSA) is 49.9 Å². The number of fused-ring (bicyclic) bond motifs is 1. The minimum atomic E-state index is 0.00644. The normalized spacial score (nSPS) is 22.2. The van der Waals surface area contributed by atoms with E-state index < -0.39 is 0 Å². The molecule has 0 spiro atoms. The Morgan fingerprint density at radius 2 is 1.71 bits per heavy atom. The zero-order chi connectivity index (χ0) is 22.2. The van der Waals surface area contributed by atoms with E-state index in [9.17, 15) is 9.59 Å². The van der Waals surface area contributed by atoms with Crippen LogP contribution in [0.4, 0.5) is 0 Å². The highest BCUT2D eigenvalue weighted by molar-refractivity contribution is 5.96. The average Bonchev–Trinajstić information content (AvgIpc) is 3.29. The summed E-state index contributed by atoms with van der Waals surface area (Å²) in [5.74, 6) is 1.60. The van der Waals surface area contributed by atoms with Crippen LogP contribution >= 0.6 is 0 Å². The summed E-state index contributed by atoms with van der Waals surface area (Å²) >= 11 is 0. The zero-order valence-electron chi connectivity index (χ0n) is 19.6. The van der Waals surface area contributed by atoms with Gasteiger partial charge in [0, 0.05) is 26.1 Å². The van der Waals surface area contributed by atoms with Gasteiger partial charge in [-0.1, -0.05) is 51.7 Å². The van der Waals surface area contributed by atoms with Crippen LogP contribution in [0.1, 0.15) is 82.0 Å². The van der Waals surface area contributed by atoms with Crippen molar-refractivity contribution in [2.45, 2.75) is 77.7 Å². The molecule has 172 valence electrons. The maximum atomic E-state index is 13.5. The van der Waals surface area contributed by atoms with Crippen molar-refractivity contribution in [2.75, 3.05) is 26.7 Å². The first-order valence-electron chi connectivity index (χ1n) is 12.2. The van der Waals surface area contributed by atoms with Gasteiger partial charge < -0.3 is 14.5 Å². The van der Waals surface area contributed by atoms with Crippen molar-refractivity contribution in [1.82, 2.24) is 9.80 Å². The molecule has 1 heterocycles. The fourth-order valence-corrected chi connectivity index (χ4v) is 4.96. The van der Waals surface area contributed by atoms with Crippen molar-refractivity contribution in [3.05, 3.63) is 29.8 Å². The van der Waals surface area contributed by atoms with Crippen LogP contribution in [0, 0.1) is 11.8 Å². The Morgan fingerprint density at radius 1 is 1.03 bits per heavy atom. The number of hydrogen-bond donors (Lipinski definition) is 0. The first-order valence-corrected chi connectivity index (χ1v) is 12.2. The number of hydrogen-bond acceptors (Lipinski definition) is 3. The van der Waals surface area contributed by atoms with Crippen LogP contribution in [0.5, 0.6) is 5.75 Å². The van der Waals surface area contributed by atoms with Crippen LogP contribution in [0.25, 0.3) is 0 Å². The summed E-state index contributed by atoms with van der Waals surface area (Å²) in [5.41, 5.74) is 0.610. The Morgan fingerprint density at radius 3 is 2.42 bits per heavy atom. The number of ether oxygens (including phenoxy) is 1. The van der Waals surface area contributed by atoms with Gasteiger partial charge in [-0.05, 0) is 50.2 Å². The van der Waals surface area contributed by atoms with Crippen LogP contribution in [-0.2, 0) is 4.79 Å². The van der Waals surface area contributed by atoms with Gasteiger partial charge in [0.1, 0.15) is 12.4 Å². The summed E-state index contributed by atoms with van der Waals surface area (Å²) in [4.78, 5) is 30.4. The van der Waals surface area contributed by atoms with Crippen LogP contribution in [0.15, 0.2) is 24.3 Å². The Balaban J connectivity index is 1.86. The van der Waals surface area contributed by atoms with Crippen LogP contribution in [0.3, 0.4) is 0 Å². The lowest BCUT2D eigenvalue weighted by atomic mass is 9.99. The molecule has 1 saturated carbocycles. The van der Waals surface area contributed by atoms with E-state index in [1.165, 1.54) is 12.8 Å². The summed E-state index contributed by atoms with van der Waals surface area (Å²) in [5, 5.41) is 0. The standard InChI is InChI=1S/C26H40N2O3/c1-20(2)18-22-19-31-24-15-9-8-14-23(24)26(30)27(3)16-10-4-5-11-17-28(22)25(29)21-12-6-7-13-21/h8-9,14-15,20-22H,4-7,10-13,16-19H2,1-3H3/t22-/m0/s1. The van der Waals surface area contributed by atoms with E-state index in [1.54, 1.807) is 4.90 Å². The van der Waals surface area contributed by atoms with E-state index in [0.29, 0.717) is 29.7 Å². The lowest BCUT2D eigenvalue weighted by molar-refractivity contribution is -0.139. The summed E-state index contributed by atoms with van der Waals surface area (Å²) in [7, 11) is 1.87. The Kier molecular flexibility index (Phi) is 8.79. The lowest BCUT2D eigenvalue weighted by Gasteiger charge is -2.35. The highest BCUT2D eigenvalue weighted by Crippen LogP contribution is 2.29. The molecular weight excluding hydrogens is 388 g/mol. The highest BCUT2D eigenvalue weighted by atomic mass is 16.5. The van der Waals surface area contributed by atoms with E-state index in [2.05, 4.69) is 18.7 Å². The number of benzene rings is 1. The van der Waals surface area contributed by atoms with Gasteiger partial charge >= 0.3 is 0 Å². The molecule has 3 rings (SSSR count). The zero-order valence-corrected chi connectivity index (χ0v) is 19.6. The molecule has 0 aromatic heterocycles. The Hall–Kier alpha value is -2.04. The molecule has 0 bridgehead atoms. The predicted octanol–water partition coefficient (Wildman–Crippen LogP) is 5.14. The minimum absolute atomic E-state index is 0.00644. The number of amides is 2. The summed E-state index contributed by atoms with van der Waals surface area (Å²) in [6.45, 7) is 6.40. The molecule has 0 N–H and O–H groups in total. The Labute approximate surface area is 188 Å². The third-order valence-electron chi connectivity index (χ3n) is 6.71. The monoisotopic (exact) mass is 428 g/mol. The summed E-state index contributed by atoms with van der Waals surface area (Å²) < 4.78 is 6.27. The van der Waals surface area contributed by atoms with E-state index in [0.717, 1.165) is 58.0 Å². The third kappa shape index (κ3) is 6.47. The van der Waals surface area contributed by atoms with Gasteiger partial charge in [0.25, 0.3) is 5.91 Å². The molecule has 1 aromatic rings. The van der Waals surface area contributed by atoms with E-state index in [-0.39, 0.29) is 17.9 Å². The SMILES string of the molecule is CC(C)C[C@H]1COc2ccccc2C(=O)N(C)CCCCCCN1C(=O)C1CCCC1. The maximum Gasteiger partial charge on any atom is 0.257 e. The maximum absolute atomic E-state index is 13.5. The summed E-state index contributed by atoms with van der Waals surface area (Å²) in [6.07, 6.45) is 9.45. The molecule has 5 nitrogen and oxygen atoms in total. The van der Waals surface area contributed by atoms with Gasteiger partial charge in [-0.2, -0.15) is 0 Å². The molecule has 1 aliphatic carbocycles. The van der Waals surface area contributed by atoms with E-state index >= 15 is 0 Å². The molecule has 2 amide bonds. The predicted molar refractivity (Wildman–Crippen MR) is 124 cm³/mol. The molecule has 1 aliphatic heterocycles. The van der Waals surface area contributed by atoms with E-state index in [4.69, 9.17) is 4.74 Å². The van der Waals surface area contributed by atoms with E-state index in [1.807, 2.05) is 31.3 Å². The first-order chi connectivity index (χ1) is 15.0. The van der Waals surface area contributed by atoms with Crippen LogP contribution < -0.4 is 4.74 Å². The van der Waals surface area contributed by atoms with Gasteiger partial charge in [0.2, 0.25) is 5.91 Å². The highest BCUT2D eigenvalue weighted by Gasteiger charge is 2.32. The van der Waals surface area contributed by atoms with Crippen molar-refractivity contribution in [3.63, 3.8) is 0 Å². The van der Waals surface area contributed by atoms with Gasteiger partial charge in [-0.25, -0.2) is 0 Å². The fraction of sp³-hybridized carbons (Fsp3) is 0.692. The number of rotatable bonds is 3. The second-order valence-corrected chi connectivity index (χ2v) is 9.74. The second-order valence-electron chi connectivity index (χ2n) is 9.74. The van der Waals surface area contributed by atoms with Crippen molar-refractivity contribution in [1.29, 1.82) is 0 Å². The molecule has 0 saturated heterocycles. The van der Waals surface area contributed by atoms with Crippen LogP contribution in [0.2, 0.25) is 0 Å². The lowest BCUT2D eigenvalue weighted by Crippen LogP contribution is -2.47. The van der Waals surface area contributed by atoms with Gasteiger partial charge in [-0.3, -0.25) is 9.59 Å². The molecule has 5 heteroatoms. The molecule has 2 aliphatic rings. The van der Waals surface area contributed by atoms with Gasteiger partial charge in [-0.15, -0.1) is 0 Å². The fourth-order valence-electron chi connectivity index (χ4n) is 4.96. The minimum Gasteiger partial charge on any atom is -0.491 e. The van der Waals surface area contributed by atoms with Crippen molar-refractivity contribution < 1.29 is 14.3 Å². The molecule has 1 aromatic carbocycles. The van der Waals surface area contributed by atoms with Crippen LogP contribution in [-0.4, -0.2) is 54.4 Å². The molecule has 0 radical (unpaired) electrons. The number of carbonyl (C=O) groups excluding carboxylic acids is 2. The van der Waals surface area contributed by atoms with Crippen molar-refractivity contribution >= 4 is 11.8 Å². The molecule has 1 atom stereocenters. The van der Waals surface area contributed by atoms with Gasteiger partial charge in [0.05, 0.1) is 11.6 Å². The molecule has 0 unspecified atom stereocenters. The third-order valence-corrected chi connectivity index (χ3v) is 6.71. The first kappa shape index (κ1) is 23.6. The smallest absolute Gasteiger partial charge is 0.257 e. The van der Waals surface area contributed by atoms with Crippen molar-refractivity contribution in [2.24, 2.45) is 11.8 Å². The average molecular weight is 429 g/mol. The summed E-state index contributed by atoms with van der Waals surface area (Å²) in [6, 6.07) is 7.56.